The maximum Gasteiger partial charge on any atom is 0.229 e. The first-order chi connectivity index (χ1) is 12.5. The average Bonchev–Trinajstić information content (AvgIpc) is 3.02. The zero-order chi connectivity index (χ0) is 18.3. The Morgan fingerprint density at radius 1 is 1.23 bits per heavy atom. The summed E-state index contributed by atoms with van der Waals surface area (Å²) in [7, 11) is 1.65. The van der Waals surface area contributed by atoms with Gasteiger partial charge < -0.3 is 20.3 Å². The number of anilines is 1. The first kappa shape index (κ1) is 17.1. The van der Waals surface area contributed by atoms with E-state index in [-0.39, 0.29) is 23.7 Å². The Bertz CT molecular complexity index is 838. The number of methoxy groups -OCH3 is 1. The molecule has 7 nitrogen and oxygen atoms in total. The van der Waals surface area contributed by atoms with E-state index < -0.39 is 0 Å². The third-order valence-electron chi connectivity index (χ3n) is 5.29. The van der Waals surface area contributed by atoms with Gasteiger partial charge in [-0.15, -0.1) is 0 Å². The molecule has 8 heteroatoms. The van der Waals surface area contributed by atoms with Gasteiger partial charge in [0.1, 0.15) is 5.75 Å². The van der Waals surface area contributed by atoms with Crippen molar-refractivity contribution in [1.29, 1.82) is 0 Å². The first-order valence-electron chi connectivity index (χ1n) is 8.83. The van der Waals surface area contributed by atoms with Crippen LogP contribution in [-0.4, -0.2) is 55.0 Å². The van der Waals surface area contributed by atoms with E-state index in [0.29, 0.717) is 39.0 Å². The van der Waals surface area contributed by atoms with E-state index in [1.165, 1.54) is 0 Å². The Kier molecular flexibility index (Phi) is 4.44. The molecule has 0 bridgehead atoms. The monoisotopic (exact) mass is 374 g/mol. The van der Waals surface area contributed by atoms with Crippen molar-refractivity contribution >= 4 is 38.5 Å². The molecule has 0 aliphatic carbocycles. The Labute approximate surface area is 155 Å². The van der Waals surface area contributed by atoms with Gasteiger partial charge in [0.05, 0.1) is 23.2 Å². The molecule has 2 aromatic rings. The molecule has 0 saturated carbocycles. The van der Waals surface area contributed by atoms with Crippen LogP contribution in [0.5, 0.6) is 5.75 Å². The summed E-state index contributed by atoms with van der Waals surface area (Å²) in [6.45, 7) is 2.66. The van der Waals surface area contributed by atoms with Crippen LogP contribution >= 0.6 is 11.3 Å². The largest absolute Gasteiger partial charge is 0.497 e. The van der Waals surface area contributed by atoms with E-state index in [2.05, 4.69) is 9.88 Å². The number of ether oxygens (including phenoxy) is 1. The number of hydrogen-bond acceptors (Lipinski definition) is 6. The molecule has 4 rings (SSSR count). The zero-order valence-electron chi connectivity index (χ0n) is 14.7. The van der Waals surface area contributed by atoms with Gasteiger partial charge >= 0.3 is 0 Å². The molecule has 0 atom stereocenters. The summed E-state index contributed by atoms with van der Waals surface area (Å²) in [5.74, 6) is 0.688. The van der Waals surface area contributed by atoms with Crippen LogP contribution in [0.15, 0.2) is 18.2 Å². The second-order valence-electron chi connectivity index (χ2n) is 6.93. The van der Waals surface area contributed by atoms with E-state index >= 15 is 0 Å². The molecule has 3 heterocycles. The van der Waals surface area contributed by atoms with Crippen LogP contribution in [0.3, 0.4) is 0 Å². The molecule has 0 radical (unpaired) electrons. The van der Waals surface area contributed by atoms with Crippen molar-refractivity contribution < 1.29 is 14.3 Å². The molecule has 2 aliphatic heterocycles. The van der Waals surface area contributed by atoms with Crippen LogP contribution in [0.25, 0.3) is 10.2 Å². The number of piperidine rings is 1. The van der Waals surface area contributed by atoms with Crippen LogP contribution in [-0.2, 0) is 9.59 Å². The van der Waals surface area contributed by atoms with Gasteiger partial charge in [-0.3, -0.25) is 9.59 Å². The van der Waals surface area contributed by atoms with Crippen molar-refractivity contribution in [3.8, 4) is 5.75 Å². The second kappa shape index (κ2) is 6.75. The quantitative estimate of drug-likeness (QED) is 0.875. The van der Waals surface area contributed by atoms with Crippen LogP contribution < -0.4 is 15.4 Å². The minimum absolute atomic E-state index is 0.0154. The van der Waals surface area contributed by atoms with Gasteiger partial charge in [-0.05, 0) is 31.0 Å². The predicted molar refractivity (Wildman–Crippen MR) is 100 cm³/mol. The number of nitrogens with zero attached hydrogens (tertiary/aromatic N) is 3. The highest BCUT2D eigenvalue weighted by atomic mass is 32.1. The number of thiazole rings is 1. The van der Waals surface area contributed by atoms with Gasteiger partial charge in [0.25, 0.3) is 0 Å². The van der Waals surface area contributed by atoms with Gasteiger partial charge in [-0.25, -0.2) is 4.98 Å². The fourth-order valence-corrected chi connectivity index (χ4v) is 4.60. The molecular formula is C18H22N4O3S. The highest BCUT2D eigenvalue weighted by molar-refractivity contribution is 7.22. The van der Waals surface area contributed by atoms with Crippen LogP contribution in [0.4, 0.5) is 5.13 Å². The smallest absolute Gasteiger partial charge is 0.229 e. The molecule has 2 fully saturated rings. The summed E-state index contributed by atoms with van der Waals surface area (Å²) in [5, 5.41) is 0.949. The number of aromatic nitrogens is 1. The van der Waals surface area contributed by atoms with Crippen molar-refractivity contribution in [3.05, 3.63) is 18.2 Å². The predicted octanol–water partition coefficient (Wildman–Crippen LogP) is 1.46. The van der Waals surface area contributed by atoms with E-state index in [1.807, 2.05) is 23.1 Å². The molecule has 2 saturated heterocycles. The van der Waals surface area contributed by atoms with Crippen LogP contribution in [0, 0.1) is 11.8 Å². The number of carbonyl (C=O) groups excluding carboxylic acids is 2. The van der Waals surface area contributed by atoms with Gasteiger partial charge in [-0.2, -0.15) is 0 Å². The number of fused-ring (bicyclic) bond motifs is 1. The number of nitrogens with two attached hydrogens (primary N) is 1. The summed E-state index contributed by atoms with van der Waals surface area (Å²) < 4.78 is 6.34. The number of hydrogen-bond donors (Lipinski definition) is 1. The highest BCUT2D eigenvalue weighted by Crippen LogP contribution is 2.35. The Morgan fingerprint density at radius 2 is 1.96 bits per heavy atom. The normalized spacial score (nSPS) is 18.8. The minimum atomic E-state index is -0.251. The third kappa shape index (κ3) is 3.09. The Balaban J connectivity index is 1.35. The lowest BCUT2D eigenvalue weighted by Gasteiger charge is -2.41. The van der Waals surface area contributed by atoms with Crippen molar-refractivity contribution in [2.24, 2.45) is 17.6 Å². The maximum absolute atomic E-state index is 12.6. The molecular weight excluding hydrogens is 352 g/mol. The summed E-state index contributed by atoms with van der Waals surface area (Å²) >= 11 is 1.62. The Morgan fingerprint density at radius 3 is 2.62 bits per heavy atom. The molecule has 138 valence electrons. The summed E-state index contributed by atoms with van der Waals surface area (Å²) in [6.07, 6.45) is 1.36. The second-order valence-corrected chi connectivity index (χ2v) is 7.94. The minimum Gasteiger partial charge on any atom is -0.497 e. The highest BCUT2D eigenvalue weighted by Gasteiger charge is 2.38. The number of carbonyl (C=O) groups is 2. The van der Waals surface area contributed by atoms with E-state index in [4.69, 9.17) is 10.5 Å². The number of primary amides is 1. The van der Waals surface area contributed by atoms with Gasteiger partial charge in [0, 0.05) is 32.1 Å². The SMILES string of the molecule is COc1ccc2nc(N3CC(C(=O)N4CCC(C(N)=O)CC4)C3)sc2c1. The summed E-state index contributed by atoms with van der Waals surface area (Å²) in [5.41, 5.74) is 6.31. The lowest BCUT2D eigenvalue weighted by molar-refractivity contribution is -0.139. The Hall–Kier alpha value is -2.35. The topological polar surface area (TPSA) is 88.8 Å². The zero-order valence-corrected chi connectivity index (χ0v) is 15.5. The van der Waals surface area contributed by atoms with Crippen LogP contribution in [0.1, 0.15) is 12.8 Å². The molecule has 2 amide bonds. The number of rotatable bonds is 4. The van der Waals surface area contributed by atoms with E-state index in [1.54, 1.807) is 18.4 Å². The fourth-order valence-electron chi connectivity index (χ4n) is 3.59. The summed E-state index contributed by atoms with van der Waals surface area (Å²) in [4.78, 5) is 32.6. The number of amides is 2. The lowest BCUT2D eigenvalue weighted by atomic mass is 9.93. The third-order valence-corrected chi connectivity index (χ3v) is 6.37. The average molecular weight is 374 g/mol. The van der Waals surface area contributed by atoms with Crippen LogP contribution in [0.2, 0.25) is 0 Å². The van der Waals surface area contributed by atoms with E-state index in [9.17, 15) is 9.59 Å². The fraction of sp³-hybridized carbons (Fsp3) is 0.500. The van der Waals surface area contributed by atoms with Gasteiger partial charge in [0.15, 0.2) is 5.13 Å². The standard InChI is InChI=1S/C18H22N4O3S/c1-25-13-2-3-14-15(8-13)26-18(20-14)22-9-12(10-22)17(24)21-6-4-11(5-7-21)16(19)23/h2-3,8,11-12H,4-7,9-10H2,1H3,(H2,19,23). The van der Waals surface area contributed by atoms with Crippen molar-refractivity contribution in [2.75, 3.05) is 38.2 Å². The van der Waals surface area contributed by atoms with Crippen molar-refractivity contribution in [3.63, 3.8) is 0 Å². The number of likely N-dealkylation sites (tertiary alicyclic amines) is 1. The van der Waals surface area contributed by atoms with Gasteiger partial charge in [0.2, 0.25) is 11.8 Å². The number of benzene rings is 1. The first-order valence-corrected chi connectivity index (χ1v) is 9.64. The molecule has 0 unspecified atom stereocenters. The maximum atomic E-state index is 12.6. The van der Waals surface area contributed by atoms with Crippen molar-refractivity contribution in [2.45, 2.75) is 12.8 Å². The molecule has 26 heavy (non-hydrogen) atoms. The molecule has 0 spiro atoms. The lowest BCUT2D eigenvalue weighted by Crippen LogP contribution is -2.56. The summed E-state index contributed by atoms with van der Waals surface area (Å²) in [6, 6.07) is 5.85. The molecule has 1 aromatic carbocycles. The molecule has 2 N–H and O–H groups in total. The van der Waals surface area contributed by atoms with Crippen molar-refractivity contribution in [1.82, 2.24) is 9.88 Å². The van der Waals surface area contributed by atoms with Gasteiger partial charge in [-0.1, -0.05) is 11.3 Å². The van der Waals surface area contributed by atoms with E-state index in [0.717, 1.165) is 21.1 Å². The molecule has 1 aromatic heterocycles. The molecule has 2 aliphatic rings.